The van der Waals surface area contributed by atoms with Gasteiger partial charge in [-0.2, -0.15) is 0 Å². The average Bonchev–Trinajstić information content (AvgIpc) is 3.34. The second-order valence-corrected chi connectivity index (χ2v) is 7.78. The van der Waals surface area contributed by atoms with Gasteiger partial charge in [0.15, 0.2) is 0 Å². The maximum atomic E-state index is 12.6. The Kier molecular flexibility index (Phi) is 4.37. The number of hydrogen-bond donors (Lipinski definition) is 3. The van der Waals surface area contributed by atoms with Crippen molar-refractivity contribution in [3.63, 3.8) is 0 Å². The van der Waals surface area contributed by atoms with Gasteiger partial charge in [0.25, 0.3) is 5.56 Å². The molecule has 0 aliphatic heterocycles. The molecule has 5 aromatic rings. The predicted octanol–water partition coefficient (Wildman–Crippen LogP) is 5.09. The molecule has 0 fully saturated rings. The van der Waals surface area contributed by atoms with Crippen LogP contribution in [-0.2, 0) is 6.54 Å². The van der Waals surface area contributed by atoms with Crippen LogP contribution in [0.4, 0.5) is 5.69 Å². The first-order chi connectivity index (χ1) is 14.1. The van der Waals surface area contributed by atoms with Crippen molar-refractivity contribution in [3.8, 4) is 11.4 Å². The largest absolute Gasteiger partial charge is 0.449 e. The van der Waals surface area contributed by atoms with Crippen molar-refractivity contribution in [1.29, 1.82) is 0 Å². The summed E-state index contributed by atoms with van der Waals surface area (Å²) < 4.78 is 6.54. The molecule has 9 heteroatoms. The minimum absolute atomic E-state index is 0.191. The number of nitrogens with zero attached hydrogens (tertiary/aromatic N) is 2. The summed E-state index contributed by atoms with van der Waals surface area (Å²) in [6.45, 7) is 0.590. The quantitative estimate of drug-likeness (QED) is 0.340. The van der Waals surface area contributed by atoms with Crippen molar-refractivity contribution in [2.45, 2.75) is 6.54 Å². The first kappa shape index (κ1) is 18.0. The zero-order valence-electron chi connectivity index (χ0n) is 14.8. The van der Waals surface area contributed by atoms with E-state index in [1.807, 2.05) is 24.3 Å². The summed E-state index contributed by atoms with van der Waals surface area (Å²) in [6, 6.07) is 11.0. The number of halogens is 2. The summed E-state index contributed by atoms with van der Waals surface area (Å²) in [4.78, 5) is 27.0. The fraction of sp³-hybridized carbons (Fsp3) is 0.0500. The Morgan fingerprint density at radius 2 is 2.10 bits per heavy atom. The minimum Gasteiger partial charge on any atom is -0.449 e. The monoisotopic (exact) mass is 469 g/mol. The molecule has 3 aromatic heterocycles. The molecule has 0 saturated heterocycles. The summed E-state index contributed by atoms with van der Waals surface area (Å²) >= 11 is 9.94. The lowest BCUT2D eigenvalue weighted by Gasteiger charge is -2.08. The topological polar surface area (TPSA) is 99.6 Å². The molecule has 5 rings (SSSR count). The van der Waals surface area contributed by atoms with E-state index < -0.39 is 0 Å². The van der Waals surface area contributed by atoms with Crippen molar-refractivity contribution in [1.82, 2.24) is 19.9 Å². The number of anilines is 1. The van der Waals surface area contributed by atoms with Crippen LogP contribution in [0.3, 0.4) is 0 Å². The first-order valence-electron chi connectivity index (χ1n) is 8.71. The highest BCUT2D eigenvalue weighted by Gasteiger charge is 2.16. The highest BCUT2D eigenvalue weighted by molar-refractivity contribution is 9.10. The second-order valence-electron chi connectivity index (χ2n) is 6.46. The first-order valence-corrected chi connectivity index (χ1v) is 9.89. The molecule has 0 bridgehead atoms. The van der Waals surface area contributed by atoms with E-state index in [0.717, 1.165) is 21.2 Å². The van der Waals surface area contributed by atoms with Crippen LogP contribution in [0.25, 0.3) is 33.5 Å². The van der Waals surface area contributed by atoms with Gasteiger partial charge in [-0.15, -0.1) is 0 Å². The molecule has 0 saturated carbocycles. The van der Waals surface area contributed by atoms with Gasteiger partial charge < -0.3 is 19.7 Å². The van der Waals surface area contributed by atoms with Crippen LogP contribution in [0.2, 0.25) is 5.02 Å². The number of imidazole rings is 1. The third-order valence-corrected chi connectivity index (χ3v) is 5.35. The van der Waals surface area contributed by atoms with Crippen LogP contribution in [0, 0.1) is 0 Å². The van der Waals surface area contributed by atoms with Gasteiger partial charge in [-0.05, 0) is 36.4 Å². The number of aromatic nitrogens is 4. The van der Waals surface area contributed by atoms with E-state index in [1.165, 1.54) is 0 Å². The number of H-pyrrole nitrogens is 2. The number of hydrogen-bond acceptors (Lipinski definition) is 5. The van der Waals surface area contributed by atoms with E-state index in [1.54, 1.807) is 24.7 Å². The second kappa shape index (κ2) is 7.06. The Hall–Kier alpha value is -3.10. The van der Waals surface area contributed by atoms with Gasteiger partial charge in [-0.1, -0.05) is 27.5 Å². The predicted molar refractivity (Wildman–Crippen MR) is 116 cm³/mol. The highest BCUT2D eigenvalue weighted by Crippen LogP contribution is 2.32. The van der Waals surface area contributed by atoms with Gasteiger partial charge in [0, 0.05) is 27.3 Å². The van der Waals surface area contributed by atoms with Crippen LogP contribution >= 0.6 is 27.5 Å². The molecule has 0 radical (unpaired) electrons. The molecule has 3 heterocycles. The van der Waals surface area contributed by atoms with Crippen LogP contribution in [0.1, 0.15) is 5.69 Å². The van der Waals surface area contributed by atoms with E-state index in [4.69, 9.17) is 16.0 Å². The summed E-state index contributed by atoms with van der Waals surface area (Å²) in [5, 5.41) is 4.49. The highest BCUT2D eigenvalue weighted by atomic mass is 79.9. The zero-order valence-corrected chi connectivity index (χ0v) is 17.1. The van der Waals surface area contributed by atoms with Crippen LogP contribution < -0.4 is 10.9 Å². The standard InChI is InChI=1S/C20H13BrClN5O2/c21-10-1-4-16-14(5-10)17-18(29-16)20(28)27-19(26-17)13-3-2-11(6-15(13)22)24-8-12-7-23-9-25-12/h1-7,9,24H,8H2,(H,23,25)(H,26,27,28). The SMILES string of the molecule is O=c1[nH]c(-c2ccc(NCc3cnc[nH]3)cc2Cl)nc2c1oc1ccc(Br)cc12. The van der Waals surface area contributed by atoms with Gasteiger partial charge >= 0.3 is 0 Å². The molecule has 0 unspecified atom stereocenters. The van der Waals surface area contributed by atoms with E-state index in [2.05, 4.69) is 41.2 Å². The maximum Gasteiger partial charge on any atom is 0.294 e. The smallest absolute Gasteiger partial charge is 0.294 e. The molecule has 3 N–H and O–H groups in total. The summed E-state index contributed by atoms with van der Waals surface area (Å²) in [6.07, 6.45) is 3.38. The third kappa shape index (κ3) is 3.30. The molecule has 0 aliphatic carbocycles. The Morgan fingerprint density at radius 3 is 2.90 bits per heavy atom. The fourth-order valence-corrected chi connectivity index (χ4v) is 3.78. The molecular weight excluding hydrogens is 458 g/mol. The summed E-state index contributed by atoms with van der Waals surface area (Å²) in [7, 11) is 0. The summed E-state index contributed by atoms with van der Waals surface area (Å²) in [5.41, 5.74) is 3.36. The third-order valence-electron chi connectivity index (χ3n) is 4.55. The number of benzene rings is 2. The van der Waals surface area contributed by atoms with Crippen molar-refractivity contribution in [3.05, 3.63) is 74.5 Å². The normalized spacial score (nSPS) is 11.4. The van der Waals surface area contributed by atoms with E-state index in [0.29, 0.717) is 34.1 Å². The number of aromatic amines is 2. The van der Waals surface area contributed by atoms with Crippen molar-refractivity contribution in [2.24, 2.45) is 0 Å². The van der Waals surface area contributed by atoms with Crippen molar-refractivity contribution >= 4 is 55.3 Å². The van der Waals surface area contributed by atoms with Gasteiger partial charge in [-0.3, -0.25) is 4.79 Å². The molecule has 0 amide bonds. The van der Waals surface area contributed by atoms with Gasteiger partial charge in [0.1, 0.15) is 16.9 Å². The molecular formula is C20H13BrClN5O2. The van der Waals surface area contributed by atoms with E-state index in [9.17, 15) is 4.79 Å². The fourth-order valence-electron chi connectivity index (χ4n) is 3.15. The average molecular weight is 471 g/mol. The van der Waals surface area contributed by atoms with E-state index in [-0.39, 0.29) is 11.1 Å². The molecule has 0 atom stereocenters. The summed E-state index contributed by atoms with van der Waals surface area (Å²) in [5.74, 6) is 0.385. The van der Waals surface area contributed by atoms with Crippen molar-refractivity contribution < 1.29 is 4.42 Å². The Labute approximate surface area is 177 Å². The molecule has 29 heavy (non-hydrogen) atoms. The Morgan fingerprint density at radius 1 is 1.21 bits per heavy atom. The van der Waals surface area contributed by atoms with Crippen LogP contribution in [-0.4, -0.2) is 19.9 Å². The molecule has 2 aromatic carbocycles. The van der Waals surface area contributed by atoms with Crippen LogP contribution in [0.15, 0.2) is 62.6 Å². The minimum atomic E-state index is -0.352. The lowest BCUT2D eigenvalue weighted by molar-refractivity contribution is 0.661. The number of rotatable bonds is 4. The van der Waals surface area contributed by atoms with Crippen LogP contribution in [0.5, 0.6) is 0 Å². The molecule has 0 aliphatic rings. The molecule has 0 spiro atoms. The van der Waals surface area contributed by atoms with Gasteiger partial charge in [0.05, 0.1) is 23.6 Å². The van der Waals surface area contributed by atoms with E-state index >= 15 is 0 Å². The van der Waals surface area contributed by atoms with Gasteiger partial charge in [0.2, 0.25) is 5.58 Å². The molecule has 7 nitrogen and oxygen atoms in total. The van der Waals surface area contributed by atoms with Crippen molar-refractivity contribution in [2.75, 3.05) is 5.32 Å². The Balaban J connectivity index is 1.55. The Bertz CT molecular complexity index is 1410. The van der Waals surface area contributed by atoms with Gasteiger partial charge in [-0.25, -0.2) is 9.97 Å². The maximum absolute atomic E-state index is 12.6. The lowest BCUT2D eigenvalue weighted by atomic mass is 10.1. The number of furan rings is 1. The zero-order chi connectivity index (χ0) is 20.0. The number of nitrogens with one attached hydrogen (secondary N) is 3. The number of fused-ring (bicyclic) bond motifs is 3. The molecule has 144 valence electrons. The lowest BCUT2D eigenvalue weighted by Crippen LogP contribution is -2.08.